The van der Waals surface area contributed by atoms with Crippen LogP contribution in [0, 0.1) is 0 Å². The number of carbonyl (C=O) groups excluding carboxylic acids is 1. The number of carbonyl (C=O) groups is 1. The van der Waals surface area contributed by atoms with Crippen LogP contribution in [0.5, 0.6) is 11.5 Å². The van der Waals surface area contributed by atoms with E-state index in [-0.39, 0.29) is 16.3 Å². The second kappa shape index (κ2) is 9.27. The molecule has 3 aromatic rings. The van der Waals surface area contributed by atoms with Crippen LogP contribution in [-0.4, -0.2) is 37.8 Å². The maximum atomic E-state index is 12.2. The van der Waals surface area contributed by atoms with Crippen molar-refractivity contribution in [2.75, 3.05) is 12.4 Å². The van der Waals surface area contributed by atoms with Crippen molar-refractivity contribution in [2.45, 2.75) is 26.2 Å². The second-order valence-electron chi connectivity index (χ2n) is 7.60. The van der Waals surface area contributed by atoms with Gasteiger partial charge in [0.1, 0.15) is 5.00 Å². The number of methoxy groups -OCH3 is 1. The third kappa shape index (κ3) is 5.68. The van der Waals surface area contributed by atoms with E-state index in [9.17, 15) is 9.90 Å². The minimum absolute atomic E-state index is 0.0302. The lowest BCUT2D eigenvalue weighted by Crippen LogP contribution is -2.32. The van der Waals surface area contributed by atoms with Crippen LogP contribution in [0.3, 0.4) is 0 Å². The molecule has 3 rings (SSSR count). The highest BCUT2D eigenvalue weighted by Crippen LogP contribution is 2.34. The molecule has 0 saturated carbocycles. The number of rotatable bonds is 5. The number of phenolic OH excluding ortho intramolecular Hbond substituents is 1. The lowest BCUT2D eigenvalue weighted by Gasteiger charge is -2.17. The fourth-order valence-electron chi connectivity index (χ4n) is 2.66. The van der Waals surface area contributed by atoms with Crippen molar-refractivity contribution in [3.8, 4) is 16.5 Å². The quantitative estimate of drug-likeness (QED) is 0.395. The molecule has 0 saturated heterocycles. The predicted molar refractivity (Wildman–Crippen MR) is 126 cm³/mol. The van der Waals surface area contributed by atoms with E-state index in [4.69, 9.17) is 17.0 Å². The number of nitrogens with zero attached hydrogens (tertiary/aromatic N) is 3. The van der Waals surface area contributed by atoms with Gasteiger partial charge in [-0.05, 0) is 36.0 Å². The van der Waals surface area contributed by atoms with Crippen molar-refractivity contribution < 1.29 is 14.6 Å². The number of anilines is 1. The second-order valence-corrected chi connectivity index (χ2v) is 8.99. The van der Waals surface area contributed by atoms with Gasteiger partial charge in [0.05, 0.1) is 19.1 Å². The van der Waals surface area contributed by atoms with Gasteiger partial charge in [-0.1, -0.05) is 38.2 Å². The third-order valence-corrected chi connectivity index (χ3v) is 5.34. The van der Waals surface area contributed by atoms with E-state index in [2.05, 4.69) is 41.4 Å². The summed E-state index contributed by atoms with van der Waals surface area (Å²) in [6.45, 7) is 6.24. The molecule has 0 aliphatic rings. The SMILES string of the molecule is COc1cc(C=CC(=O)NC(=S)Nc2nc(C(C)(C)C)c(-n3ccnc3)s2)ccc1O. The van der Waals surface area contributed by atoms with Crippen molar-refractivity contribution in [1.82, 2.24) is 19.9 Å². The minimum atomic E-state index is -0.396. The normalized spacial score (nSPS) is 11.5. The van der Waals surface area contributed by atoms with Gasteiger partial charge in [0.2, 0.25) is 5.91 Å². The van der Waals surface area contributed by atoms with Crippen LogP contribution in [0.25, 0.3) is 11.1 Å². The molecule has 0 unspecified atom stereocenters. The summed E-state index contributed by atoms with van der Waals surface area (Å²) in [4.78, 5) is 21.0. The van der Waals surface area contributed by atoms with Crippen LogP contribution >= 0.6 is 23.6 Å². The molecule has 1 aromatic carbocycles. The molecule has 162 valence electrons. The molecular weight excluding hydrogens is 434 g/mol. The predicted octanol–water partition coefficient (Wildman–Crippen LogP) is 3.87. The van der Waals surface area contributed by atoms with Crippen LogP contribution in [0.4, 0.5) is 5.13 Å². The van der Waals surface area contributed by atoms with Crippen molar-refractivity contribution in [1.29, 1.82) is 0 Å². The molecule has 2 aromatic heterocycles. The van der Waals surface area contributed by atoms with Crippen LogP contribution in [0.15, 0.2) is 43.0 Å². The standard InChI is InChI=1S/C21H23N5O3S2/c1-21(2,3)17-18(26-10-9-22-12-26)31-20(24-17)25-19(30)23-16(28)8-6-13-5-7-14(27)15(11-13)29-4/h5-12,27H,1-4H3,(H2,23,24,25,28,30). The number of phenols is 1. The largest absolute Gasteiger partial charge is 0.504 e. The molecule has 0 bridgehead atoms. The highest BCUT2D eigenvalue weighted by molar-refractivity contribution is 7.80. The van der Waals surface area contributed by atoms with Crippen molar-refractivity contribution in [2.24, 2.45) is 0 Å². The molecule has 31 heavy (non-hydrogen) atoms. The molecule has 0 aliphatic carbocycles. The molecule has 1 amide bonds. The number of benzene rings is 1. The smallest absolute Gasteiger partial charge is 0.250 e. The summed E-state index contributed by atoms with van der Waals surface area (Å²) in [5.41, 5.74) is 1.41. The number of hydrogen-bond donors (Lipinski definition) is 3. The number of amides is 1. The molecule has 0 aliphatic heterocycles. The van der Waals surface area contributed by atoms with Gasteiger partial charge in [-0.25, -0.2) is 9.97 Å². The number of imidazole rings is 1. The van der Waals surface area contributed by atoms with Crippen LogP contribution in [-0.2, 0) is 10.2 Å². The summed E-state index contributed by atoms with van der Waals surface area (Å²) >= 11 is 6.68. The molecule has 0 spiro atoms. The van der Waals surface area contributed by atoms with E-state index in [1.54, 1.807) is 30.7 Å². The van der Waals surface area contributed by atoms with Crippen molar-refractivity contribution in [3.63, 3.8) is 0 Å². The van der Waals surface area contributed by atoms with E-state index < -0.39 is 5.91 Å². The Bertz CT molecular complexity index is 1110. The summed E-state index contributed by atoms with van der Waals surface area (Å²) in [7, 11) is 1.46. The molecule has 2 heterocycles. The van der Waals surface area contributed by atoms with E-state index in [1.165, 1.54) is 30.6 Å². The first-order valence-electron chi connectivity index (χ1n) is 9.34. The maximum absolute atomic E-state index is 12.2. The van der Waals surface area contributed by atoms with Gasteiger partial charge < -0.3 is 15.2 Å². The van der Waals surface area contributed by atoms with E-state index >= 15 is 0 Å². The number of aromatic nitrogens is 3. The molecule has 8 nitrogen and oxygen atoms in total. The Morgan fingerprint density at radius 2 is 2.13 bits per heavy atom. The van der Waals surface area contributed by atoms with Gasteiger partial charge in [0.25, 0.3) is 0 Å². The fraction of sp³-hybridized carbons (Fsp3) is 0.238. The van der Waals surface area contributed by atoms with Gasteiger partial charge in [0, 0.05) is 23.9 Å². The molecule has 0 radical (unpaired) electrons. The van der Waals surface area contributed by atoms with E-state index in [1.807, 2.05) is 10.8 Å². The number of thiazole rings is 1. The highest BCUT2D eigenvalue weighted by atomic mass is 32.1. The summed E-state index contributed by atoms with van der Waals surface area (Å²) in [6.07, 6.45) is 8.23. The lowest BCUT2D eigenvalue weighted by molar-refractivity contribution is -0.115. The Hall–Kier alpha value is -3.24. The lowest BCUT2D eigenvalue weighted by atomic mass is 9.92. The van der Waals surface area contributed by atoms with Crippen LogP contribution in [0.1, 0.15) is 32.0 Å². The van der Waals surface area contributed by atoms with Crippen LogP contribution < -0.4 is 15.4 Å². The number of nitrogens with one attached hydrogen (secondary N) is 2. The number of ether oxygens (including phenoxy) is 1. The van der Waals surface area contributed by atoms with Gasteiger partial charge >= 0.3 is 0 Å². The van der Waals surface area contributed by atoms with E-state index in [0.717, 1.165) is 10.7 Å². The number of thiocarbonyl (C=S) groups is 1. The first-order valence-corrected chi connectivity index (χ1v) is 10.6. The Kier molecular flexibility index (Phi) is 6.71. The minimum Gasteiger partial charge on any atom is -0.504 e. The van der Waals surface area contributed by atoms with E-state index in [0.29, 0.717) is 16.4 Å². The average molecular weight is 458 g/mol. The Balaban J connectivity index is 1.67. The monoisotopic (exact) mass is 457 g/mol. The summed E-state index contributed by atoms with van der Waals surface area (Å²) in [5, 5.41) is 16.9. The zero-order valence-corrected chi connectivity index (χ0v) is 19.2. The molecule has 0 atom stereocenters. The number of hydrogen-bond acceptors (Lipinski definition) is 7. The third-order valence-electron chi connectivity index (χ3n) is 4.15. The Morgan fingerprint density at radius 1 is 1.35 bits per heavy atom. The summed E-state index contributed by atoms with van der Waals surface area (Å²) < 4.78 is 6.96. The van der Waals surface area contributed by atoms with Crippen molar-refractivity contribution in [3.05, 3.63) is 54.3 Å². The molecular formula is C21H23N5O3S2. The molecule has 0 fully saturated rings. The summed E-state index contributed by atoms with van der Waals surface area (Å²) in [6, 6.07) is 4.78. The van der Waals surface area contributed by atoms with Crippen LogP contribution in [0.2, 0.25) is 0 Å². The molecule has 10 heteroatoms. The Morgan fingerprint density at radius 3 is 2.77 bits per heavy atom. The van der Waals surface area contributed by atoms with Crippen molar-refractivity contribution >= 4 is 45.8 Å². The summed E-state index contributed by atoms with van der Waals surface area (Å²) in [5.74, 6) is -0.0403. The maximum Gasteiger partial charge on any atom is 0.250 e. The zero-order chi connectivity index (χ0) is 22.6. The fourth-order valence-corrected chi connectivity index (χ4v) is 4.06. The topological polar surface area (TPSA) is 101 Å². The number of aromatic hydroxyl groups is 1. The Labute approximate surface area is 189 Å². The van der Waals surface area contributed by atoms with Gasteiger partial charge in [-0.2, -0.15) is 0 Å². The highest BCUT2D eigenvalue weighted by Gasteiger charge is 2.24. The van der Waals surface area contributed by atoms with Gasteiger partial charge in [-0.3, -0.25) is 14.7 Å². The first kappa shape index (κ1) is 22.4. The van der Waals surface area contributed by atoms with Gasteiger partial charge in [0.15, 0.2) is 21.7 Å². The molecule has 3 N–H and O–H groups in total. The van der Waals surface area contributed by atoms with Gasteiger partial charge in [-0.15, -0.1) is 0 Å². The first-order chi connectivity index (χ1) is 14.7. The zero-order valence-electron chi connectivity index (χ0n) is 17.5. The average Bonchev–Trinajstić information content (AvgIpc) is 3.36.